The van der Waals surface area contributed by atoms with Crippen LogP contribution in [0.25, 0.3) is 0 Å². The minimum atomic E-state index is -1.06. The molecule has 2 N–H and O–H groups in total. The van der Waals surface area contributed by atoms with Crippen LogP contribution in [0.2, 0.25) is 0 Å². The number of carbonyl (C=O) groups is 2. The fraction of sp³-hybridized carbons (Fsp3) is 0.154. The first-order valence-corrected chi connectivity index (χ1v) is 6.70. The predicted octanol–water partition coefficient (Wildman–Crippen LogP) is 2.62. The number of nitrogens with zero attached hydrogens (tertiary/aromatic N) is 1. The van der Waals surface area contributed by atoms with E-state index in [1.165, 1.54) is 11.3 Å². The SMILES string of the molecule is Cc1nc(NC(=O)C(=O)Nc2ccc(F)cc2F)sc1C. The number of anilines is 2. The Balaban J connectivity index is 2.04. The first kappa shape index (κ1) is 15.0. The number of hydrogen-bond acceptors (Lipinski definition) is 4. The van der Waals surface area contributed by atoms with Gasteiger partial charge in [0.15, 0.2) is 5.13 Å². The highest BCUT2D eigenvalue weighted by molar-refractivity contribution is 7.15. The lowest BCUT2D eigenvalue weighted by molar-refractivity contribution is -0.133. The number of thiazole rings is 1. The van der Waals surface area contributed by atoms with Crippen molar-refractivity contribution < 1.29 is 18.4 Å². The quantitative estimate of drug-likeness (QED) is 0.838. The van der Waals surface area contributed by atoms with Crippen molar-refractivity contribution in [3.05, 3.63) is 40.4 Å². The lowest BCUT2D eigenvalue weighted by Gasteiger charge is -2.05. The number of carbonyl (C=O) groups excluding carboxylic acids is 2. The van der Waals surface area contributed by atoms with Gasteiger partial charge in [0.05, 0.1) is 11.4 Å². The monoisotopic (exact) mass is 311 g/mol. The molecule has 0 spiro atoms. The molecule has 0 atom stereocenters. The van der Waals surface area contributed by atoms with E-state index in [2.05, 4.69) is 15.6 Å². The van der Waals surface area contributed by atoms with E-state index in [-0.39, 0.29) is 10.8 Å². The third kappa shape index (κ3) is 3.60. The molecule has 8 heteroatoms. The van der Waals surface area contributed by atoms with Crippen LogP contribution in [-0.2, 0) is 9.59 Å². The molecular weight excluding hydrogens is 300 g/mol. The number of benzene rings is 1. The lowest BCUT2D eigenvalue weighted by atomic mass is 10.3. The highest BCUT2D eigenvalue weighted by Crippen LogP contribution is 2.21. The molecule has 0 aliphatic rings. The Morgan fingerprint density at radius 2 is 1.81 bits per heavy atom. The average Bonchev–Trinajstić information content (AvgIpc) is 2.71. The third-order valence-electron chi connectivity index (χ3n) is 2.63. The van der Waals surface area contributed by atoms with E-state index in [4.69, 9.17) is 0 Å². The first-order valence-electron chi connectivity index (χ1n) is 5.88. The molecule has 21 heavy (non-hydrogen) atoms. The van der Waals surface area contributed by atoms with Gasteiger partial charge in [0, 0.05) is 10.9 Å². The Labute approximate surface area is 123 Å². The molecule has 1 aromatic carbocycles. The van der Waals surface area contributed by atoms with Gasteiger partial charge in [0.2, 0.25) is 0 Å². The molecule has 5 nitrogen and oxygen atoms in total. The van der Waals surface area contributed by atoms with Crippen LogP contribution >= 0.6 is 11.3 Å². The van der Waals surface area contributed by atoms with E-state index in [9.17, 15) is 18.4 Å². The maximum atomic E-state index is 13.4. The predicted molar refractivity (Wildman–Crippen MR) is 75.2 cm³/mol. The second-order valence-electron chi connectivity index (χ2n) is 4.19. The summed E-state index contributed by atoms with van der Waals surface area (Å²) in [5.41, 5.74) is 0.475. The van der Waals surface area contributed by atoms with Crippen molar-refractivity contribution in [1.29, 1.82) is 0 Å². The summed E-state index contributed by atoms with van der Waals surface area (Å²) < 4.78 is 26.1. The molecule has 2 aromatic rings. The van der Waals surface area contributed by atoms with E-state index in [1.807, 2.05) is 6.92 Å². The van der Waals surface area contributed by atoms with Crippen LogP contribution in [0.3, 0.4) is 0 Å². The Hall–Kier alpha value is -2.35. The molecule has 1 heterocycles. The minimum absolute atomic E-state index is 0.275. The van der Waals surface area contributed by atoms with Gasteiger partial charge >= 0.3 is 11.8 Å². The van der Waals surface area contributed by atoms with Gasteiger partial charge in [-0.05, 0) is 26.0 Å². The Morgan fingerprint density at radius 1 is 1.14 bits per heavy atom. The Morgan fingerprint density at radius 3 is 2.38 bits per heavy atom. The topological polar surface area (TPSA) is 71.1 Å². The summed E-state index contributed by atoms with van der Waals surface area (Å²) in [6.07, 6.45) is 0. The fourth-order valence-corrected chi connectivity index (χ4v) is 2.26. The third-order valence-corrected chi connectivity index (χ3v) is 3.62. The zero-order chi connectivity index (χ0) is 15.6. The van der Waals surface area contributed by atoms with Gasteiger partial charge < -0.3 is 5.32 Å². The van der Waals surface area contributed by atoms with Crippen LogP contribution in [0.4, 0.5) is 19.6 Å². The highest BCUT2D eigenvalue weighted by Gasteiger charge is 2.17. The van der Waals surface area contributed by atoms with E-state index >= 15 is 0 Å². The van der Waals surface area contributed by atoms with Crippen molar-refractivity contribution in [2.45, 2.75) is 13.8 Å². The van der Waals surface area contributed by atoms with Crippen molar-refractivity contribution in [3.8, 4) is 0 Å². The largest absolute Gasteiger partial charge is 0.315 e. The summed E-state index contributed by atoms with van der Waals surface area (Å²) >= 11 is 1.22. The summed E-state index contributed by atoms with van der Waals surface area (Å²) in [4.78, 5) is 28.3. The fourth-order valence-electron chi connectivity index (χ4n) is 1.45. The van der Waals surface area contributed by atoms with Crippen LogP contribution in [0.1, 0.15) is 10.6 Å². The van der Waals surface area contributed by atoms with Crippen LogP contribution in [0, 0.1) is 25.5 Å². The summed E-state index contributed by atoms with van der Waals surface area (Å²) in [5.74, 6) is -3.78. The van der Waals surface area contributed by atoms with E-state index in [0.717, 1.165) is 22.7 Å². The zero-order valence-corrected chi connectivity index (χ0v) is 12.0. The molecule has 0 unspecified atom stereocenters. The number of aryl methyl sites for hydroxylation is 2. The summed E-state index contributed by atoms with van der Waals surface area (Å²) in [5, 5.41) is 4.66. The summed E-state index contributed by atoms with van der Waals surface area (Å²) in [7, 11) is 0. The maximum absolute atomic E-state index is 13.4. The smallest absolute Gasteiger partial charge is 0.315 e. The number of halogens is 2. The van der Waals surface area contributed by atoms with E-state index in [1.54, 1.807) is 6.92 Å². The van der Waals surface area contributed by atoms with E-state index in [0.29, 0.717) is 6.07 Å². The minimum Gasteiger partial charge on any atom is -0.315 e. The molecule has 0 saturated carbocycles. The van der Waals surface area contributed by atoms with Crippen molar-refractivity contribution in [2.24, 2.45) is 0 Å². The van der Waals surface area contributed by atoms with Gasteiger partial charge in [-0.15, -0.1) is 11.3 Å². The number of nitrogens with one attached hydrogen (secondary N) is 2. The molecule has 110 valence electrons. The van der Waals surface area contributed by atoms with Gasteiger partial charge in [0.25, 0.3) is 0 Å². The van der Waals surface area contributed by atoms with Gasteiger partial charge in [-0.3, -0.25) is 14.9 Å². The zero-order valence-electron chi connectivity index (χ0n) is 11.2. The molecule has 2 rings (SSSR count). The molecule has 1 aromatic heterocycles. The number of rotatable bonds is 2. The van der Waals surface area contributed by atoms with Crippen molar-refractivity contribution >= 4 is 34.0 Å². The van der Waals surface area contributed by atoms with E-state index < -0.39 is 23.4 Å². The number of hydrogen-bond donors (Lipinski definition) is 2. The molecule has 0 fully saturated rings. The van der Waals surface area contributed by atoms with Crippen LogP contribution in [-0.4, -0.2) is 16.8 Å². The number of aromatic nitrogens is 1. The number of amides is 2. The second-order valence-corrected chi connectivity index (χ2v) is 5.40. The van der Waals surface area contributed by atoms with Gasteiger partial charge in [-0.2, -0.15) is 0 Å². The molecule has 0 saturated heterocycles. The van der Waals surface area contributed by atoms with Crippen molar-refractivity contribution in [3.63, 3.8) is 0 Å². The van der Waals surface area contributed by atoms with Gasteiger partial charge in [-0.25, -0.2) is 13.8 Å². The normalized spacial score (nSPS) is 10.3. The van der Waals surface area contributed by atoms with Crippen LogP contribution in [0.15, 0.2) is 18.2 Å². The maximum Gasteiger partial charge on any atom is 0.315 e. The summed E-state index contributed by atoms with van der Waals surface area (Å²) in [6.45, 7) is 3.60. The lowest BCUT2D eigenvalue weighted by Crippen LogP contribution is -2.29. The van der Waals surface area contributed by atoms with Crippen molar-refractivity contribution in [2.75, 3.05) is 10.6 Å². The Kier molecular flexibility index (Phi) is 4.27. The second kappa shape index (κ2) is 5.96. The molecule has 0 aliphatic heterocycles. The summed E-state index contributed by atoms with van der Waals surface area (Å²) in [6, 6.07) is 2.62. The molecule has 0 bridgehead atoms. The Bertz CT molecular complexity index is 696. The first-order chi connectivity index (χ1) is 9.86. The molecule has 0 radical (unpaired) electrons. The highest BCUT2D eigenvalue weighted by atomic mass is 32.1. The average molecular weight is 311 g/mol. The van der Waals surface area contributed by atoms with Crippen LogP contribution in [0.5, 0.6) is 0 Å². The van der Waals surface area contributed by atoms with Gasteiger partial charge in [0.1, 0.15) is 11.6 Å². The molecular formula is C13H11F2N3O2S. The molecule has 2 amide bonds. The van der Waals surface area contributed by atoms with Crippen LogP contribution < -0.4 is 10.6 Å². The van der Waals surface area contributed by atoms with Crippen molar-refractivity contribution in [1.82, 2.24) is 4.98 Å². The van der Waals surface area contributed by atoms with Gasteiger partial charge in [-0.1, -0.05) is 0 Å². The standard InChI is InChI=1S/C13H11F2N3O2S/c1-6-7(2)21-13(16-6)18-12(20)11(19)17-10-4-3-8(14)5-9(10)15/h3-5H,1-2H3,(H,17,19)(H,16,18,20). The molecule has 0 aliphatic carbocycles.